The van der Waals surface area contributed by atoms with Gasteiger partial charge in [-0.25, -0.2) is 9.36 Å². The summed E-state index contributed by atoms with van der Waals surface area (Å²) in [5.41, 5.74) is 2.89. The van der Waals surface area contributed by atoms with Crippen molar-refractivity contribution in [1.29, 1.82) is 0 Å². The van der Waals surface area contributed by atoms with E-state index in [0.29, 0.717) is 17.1 Å². The highest BCUT2D eigenvalue weighted by atomic mass is 35.5. The number of hydrogen-bond acceptors (Lipinski definition) is 3. The number of hydrogen-bond donors (Lipinski definition) is 0. The van der Waals surface area contributed by atoms with Gasteiger partial charge in [0.2, 0.25) is 0 Å². The highest BCUT2D eigenvalue weighted by Gasteiger charge is 2.19. The first-order chi connectivity index (χ1) is 13.1. The Morgan fingerprint density at radius 3 is 2.44 bits per heavy atom. The van der Waals surface area contributed by atoms with Gasteiger partial charge in [0.25, 0.3) is 5.56 Å². The van der Waals surface area contributed by atoms with Gasteiger partial charge in [0.05, 0.1) is 24.1 Å². The molecule has 2 heterocycles. The Morgan fingerprint density at radius 1 is 1.04 bits per heavy atom. The lowest BCUT2D eigenvalue weighted by Gasteiger charge is -2.13. The Bertz CT molecular complexity index is 1160. The number of rotatable bonds is 4. The molecule has 4 rings (SSSR count). The van der Waals surface area contributed by atoms with E-state index in [2.05, 4.69) is 24.0 Å². The number of fused-ring (bicyclic) bond motifs is 1. The third-order valence-corrected chi connectivity index (χ3v) is 4.90. The molecule has 0 amide bonds. The van der Waals surface area contributed by atoms with Crippen LogP contribution in [0.5, 0.6) is 0 Å². The first-order valence-corrected chi connectivity index (χ1v) is 9.21. The van der Waals surface area contributed by atoms with Crippen LogP contribution >= 0.6 is 11.6 Å². The van der Waals surface area contributed by atoms with E-state index in [4.69, 9.17) is 11.6 Å². The molecule has 4 aromatic rings. The van der Waals surface area contributed by atoms with Gasteiger partial charge in [-0.15, -0.1) is 0 Å². The van der Waals surface area contributed by atoms with Crippen molar-refractivity contribution in [2.45, 2.75) is 26.3 Å². The molecule has 0 saturated heterocycles. The van der Waals surface area contributed by atoms with Gasteiger partial charge in [-0.05, 0) is 29.7 Å². The number of halogens is 1. The minimum absolute atomic E-state index is 0.152. The molecule has 2 aromatic heterocycles. The molecule has 0 radical (unpaired) electrons. The summed E-state index contributed by atoms with van der Waals surface area (Å²) in [6.07, 6.45) is 1.73. The van der Waals surface area contributed by atoms with Gasteiger partial charge in [-0.1, -0.05) is 61.8 Å². The molecule has 0 spiro atoms. The predicted molar refractivity (Wildman–Crippen MR) is 108 cm³/mol. The maximum Gasteiger partial charge on any atom is 0.293 e. The second-order valence-electron chi connectivity index (χ2n) is 6.75. The Hall–Kier alpha value is -2.92. The standard InChI is InChI=1S/C21H19ClN4O/c1-14(2)19-17-12-23-26(16-9-4-3-5-10-16)20(17)21(27)25(24-19)13-15-8-6-7-11-18(15)22/h3-12,14H,13H2,1-2H3. The molecule has 27 heavy (non-hydrogen) atoms. The van der Waals surface area contributed by atoms with Crippen LogP contribution in [0.2, 0.25) is 5.02 Å². The number of aromatic nitrogens is 4. The minimum Gasteiger partial charge on any atom is -0.265 e. The Labute approximate surface area is 161 Å². The molecule has 5 nitrogen and oxygen atoms in total. The monoisotopic (exact) mass is 378 g/mol. The van der Waals surface area contributed by atoms with Crippen molar-refractivity contribution >= 4 is 22.5 Å². The second-order valence-corrected chi connectivity index (χ2v) is 7.16. The van der Waals surface area contributed by atoms with Gasteiger partial charge >= 0.3 is 0 Å². The van der Waals surface area contributed by atoms with Crippen molar-refractivity contribution in [3.63, 3.8) is 0 Å². The van der Waals surface area contributed by atoms with Crippen LogP contribution in [0.4, 0.5) is 0 Å². The molecular weight excluding hydrogens is 360 g/mol. The third kappa shape index (κ3) is 3.15. The maximum absolute atomic E-state index is 13.3. The predicted octanol–water partition coefficient (Wildman–Crippen LogP) is 4.41. The molecule has 0 unspecified atom stereocenters. The van der Waals surface area contributed by atoms with Gasteiger partial charge in [0.15, 0.2) is 0 Å². The van der Waals surface area contributed by atoms with Gasteiger partial charge < -0.3 is 0 Å². The lowest BCUT2D eigenvalue weighted by Crippen LogP contribution is -2.27. The summed E-state index contributed by atoms with van der Waals surface area (Å²) >= 11 is 6.29. The van der Waals surface area contributed by atoms with Crippen molar-refractivity contribution in [1.82, 2.24) is 19.6 Å². The summed E-state index contributed by atoms with van der Waals surface area (Å²) in [6, 6.07) is 17.1. The van der Waals surface area contributed by atoms with Gasteiger partial charge in [-0.3, -0.25) is 4.79 Å². The highest BCUT2D eigenvalue weighted by Crippen LogP contribution is 2.23. The van der Waals surface area contributed by atoms with Crippen LogP contribution in [0.3, 0.4) is 0 Å². The Balaban J connectivity index is 1.96. The first kappa shape index (κ1) is 17.5. The molecule has 2 aromatic carbocycles. The largest absolute Gasteiger partial charge is 0.293 e. The van der Waals surface area contributed by atoms with E-state index >= 15 is 0 Å². The molecule has 0 N–H and O–H groups in total. The zero-order valence-corrected chi connectivity index (χ0v) is 15.9. The fourth-order valence-corrected chi connectivity index (χ4v) is 3.38. The van der Waals surface area contributed by atoms with E-state index in [1.165, 1.54) is 4.68 Å². The van der Waals surface area contributed by atoms with Crippen LogP contribution in [0, 0.1) is 0 Å². The van der Waals surface area contributed by atoms with E-state index in [9.17, 15) is 4.79 Å². The lowest BCUT2D eigenvalue weighted by atomic mass is 10.1. The average Bonchev–Trinajstić information content (AvgIpc) is 3.11. The fraction of sp³-hybridized carbons (Fsp3) is 0.190. The summed E-state index contributed by atoms with van der Waals surface area (Å²) in [5, 5.41) is 10.5. The Morgan fingerprint density at radius 2 is 1.74 bits per heavy atom. The fourth-order valence-electron chi connectivity index (χ4n) is 3.18. The summed E-state index contributed by atoms with van der Waals surface area (Å²) in [4.78, 5) is 13.3. The van der Waals surface area contributed by atoms with Crippen LogP contribution in [0.25, 0.3) is 16.6 Å². The van der Waals surface area contributed by atoms with Crippen LogP contribution < -0.4 is 5.56 Å². The van der Waals surface area contributed by atoms with Crippen LogP contribution in [0.15, 0.2) is 65.6 Å². The molecule has 0 aliphatic carbocycles. The van der Waals surface area contributed by atoms with E-state index in [-0.39, 0.29) is 11.5 Å². The van der Waals surface area contributed by atoms with Gasteiger partial charge in [0.1, 0.15) is 5.52 Å². The zero-order chi connectivity index (χ0) is 19.0. The second kappa shape index (κ2) is 7.00. The molecule has 0 saturated carbocycles. The molecular formula is C21H19ClN4O. The van der Waals surface area contributed by atoms with Crippen molar-refractivity contribution in [3.8, 4) is 5.69 Å². The molecule has 136 valence electrons. The zero-order valence-electron chi connectivity index (χ0n) is 15.1. The smallest absolute Gasteiger partial charge is 0.265 e. The molecule has 0 fully saturated rings. The van der Waals surface area contributed by atoms with Gasteiger partial charge in [0, 0.05) is 10.4 Å². The number of benzene rings is 2. The first-order valence-electron chi connectivity index (χ1n) is 8.84. The quantitative estimate of drug-likeness (QED) is 0.528. The lowest BCUT2D eigenvalue weighted by molar-refractivity contribution is 0.612. The summed E-state index contributed by atoms with van der Waals surface area (Å²) < 4.78 is 3.17. The summed E-state index contributed by atoms with van der Waals surface area (Å²) in [5.74, 6) is 0.152. The number of para-hydroxylation sites is 1. The van der Waals surface area contributed by atoms with Crippen molar-refractivity contribution in [3.05, 3.63) is 87.4 Å². The van der Waals surface area contributed by atoms with Crippen molar-refractivity contribution in [2.24, 2.45) is 0 Å². The molecule has 0 aliphatic rings. The van der Waals surface area contributed by atoms with E-state index in [1.54, 1.807) is 10.9 Å². The van der Waals surface area contributed by atoms with Gasteiger partial charge in [-0.2, -0.15) is 10.2 Å². The molecule has 0 bridgehead atoms. The molecule has 6 heteroatoms. The molecule has 0 atom stereocenters. The van der Waals surface area contributed by atoms with E-state index < -0.39 is 0 Å². The third-order valence-electron chi connectivity index (χ3n) is 4.54. The maximum atomic E-state index is 13.3. The minimum atomic E-state index is -0.185. The van der Waals surface area contributed by atoms with E-state index in [1.807, 2.05) is 54.6 Å². The summed E-state index contributed by atoms with van der Waals surface area (Å²) in [6.45, 7) is 4.44. The summed E-state index contributed by atoms with van der Waals surface area (Å²) in [7, 11) is 0. The normalized spacial score (nSPS) is 11.4. The Kier molecular flexibility index (Phi) is 4.54. The topological polar surface area (TPSA) is 52.7 Å². The SMILES string of the molecule is CC(C)c1nn(Cc2ccccc2Cl)c(=O)c2c1cnn2-c1ccccc1. The average molecular weight is 379 g/mol. The van der Waals surface area contributed by atoms with Crippen LogP contribution in [-0.2, 0) is 6.54 Å². The van der Waals surface area contributed by atoms with Crippen LogP contribution in [0.1, 0.15) is 31.0 Å². The number of nitrogens with zero attached hydrogens (tertiary/aromatic N) is 4. The molecule has 0 aliphatic heterocycles. The van der Waals surface area contributed by atoms with Crippen molar-refractivity contribution in [2.75, 3.05) is 0 Å². The highest BCUT2D eigenvalue weighted by molar-refractivity contribution is 6.31. The van der Waals surface area contributed by atoms with E-state index in [0.717, 1.165) is 22.3 Å². The van der Waals surface area contributed by atoms with Crippen molar-refractivity contribution < 1.29 is 0 Å². The van der Waals surface area contributed by atoms with Crippen LogP contribution in [-0.4, -0.2) is 19.6 Å².